The van der Waals surface area contributed by atoms with E-state index in [4.69, 9.17) is 21.1 Å². The van der Waals surface area contributed by atoms with Crippen molar-refractivity contribution < 1.29 is 19.2 Å². The van der Waals surface area contributed by atoms with Gasteiger partial charge in [-0.15, -0.1) is 0 Å². The molecule has 0 atom stereocenters. The minimum Gasteiger partial charge on any atom is -0.497 e. The molecule has 0 saturated carbocycles. The molecule has 9 nitrogen and oxygen atoms in total. The highest BCUT2D eigenvalue weighted by Gasteiger charge is 2.26. The SMILES string of the molecule is COc1cc(CCC(=O)N(C)C)cc(Oc2nc(SC)nc(Cl)c2[N+](=O)[O-])c1. The van der Waals surface area contributed by atoms with Gasteiger partial charge in [0.2, 0.25) is 11.1 Å². The number of carbonyl (C=O) groups excluding carboxylic acids is 1. The Morgan fingerprint density at radius 3 is 2.54 bits per heavy atom. The van der Waals surface area contributed by atoms with Crippen molar-refractivity contribution in [2.75, 3.05) is 27.5 Å². The predicted molar refractivity (Wildman–Crippen MR) is 106 cm³/mol. The first-order chi connectivity index (χ1) is 13.2. The summed E-state index contributed by atoms with van der Waals surface area (Å²) >= 11 is 7.10. The van der Waals surface area contributed by atoms with Gasteiger partial charge >= 0.3 is 11.6 Å². The van der Waals surface area contributed by atoms with Crippen LogP contribution in [0.15, 0.2) is 23.4 Å². The van der Waals surface area contributed by atoms with Gasteiger partial charge < -0.3 is 14.4 Å². The second-order valence-electron chi connectivity index (χ2n) is 5.82. The van der Waals surface area contributed by atoms with Crippen LogP contribution >= 0.6 is 23.4 Å². The van der Waals surface area contributed by atoms with E-state index in [0.717, 1.165) is 5.56 Å². The van der Waals surface area contributed by atoms with Gasteiger partial charge in [0.05, 0.1) is 12.0 Å². The summed E-state index contributed by atoms with van der Waals surface area (Å²) in [5, 5.41) is 11.3. The fourth-order valence-corrected chi connectivity index (χ4v) is 2.88. The lowest BCUT2D eigenvalue weighted by Gasteiger charge is -2.12. The highest BCUT2D eigenvalue weighted by atomic mass is 35.5. The Kier molecular flexibility index (Phi) is 7.41. The van der Waals surface area contributed by atoms with Crippen LogP contribution in [-0.4, -0.2) is 53.2 Å². The summed E-state index contributed by atoms with van der Waals surface area (Å²) in [6.45, 7) is 0. The molecule has 0 saturated heterocycles. The number of nitro groups is 1. The lowest BCUT2D eigenvalue weighted by atomic mass is 10.1. The molecule has 0 fully saturated rings. The number of rotatable bonds is 8. The van der Waals surface area contributed by atoms with Crippen molar-refractivity contribution in [3.63, 3.8) is 0 Å². The van der Waals surface area contributed by atoms with Crippen LogP contribution in [0, 0.1) is 10.1 Å². The molecule has 28 heavy (non-hydrogen) atoms. The zero-order valence-electron chi connectivity index (χ0n) is 15.8. The van der Waals surface area contributed by atoms with E-state index in [2.05, 4.69) is 9.97 Å². The summed E-state index contributed by atoms with van der Waals surface area (Å²) in [4.78, 5) is 31.9. The molecule has 0 spiro atoms. The molecule has 1 aromatic heterocycles. The molecule has 0 aliphatic heterocycles. The first-order valence-electron chi connectivity index (χ1n) is 8.07. The number of carbonyl (C=O) groups is 1. The number of thioether (sulfide) groups is 1. The molecule has 11 heteroatoms. The molecule has 0 radical (unpaired) electrons. The molecule has 0 N–H and O–H groups in total. The maximum absolute atomic E-state index is 11.8. The van der Waals surface area contributed by atoms with Gasteiger partial charge in [-0.2, -0.15) is 4.98 Å². The first kappa shape index (κ1) is 21.7. The van der Waals surface area contributed by atoms with E-state index in [-0.39, 0.29) is 27.8 Å². The minimum absolute atomic E-state index is 0.0203. The number of aromatic nitrogens is 2. The Morgan fingerprint density at radius 2 is 1.96 bits per heavy atom. The lowest BCUT2D eigenvalue weighted by Crippen LogP contribution is -2.21. The third kappa shape index (κ3) is 5.46. The number of methoxy groups -OCH3 is 1. The summed E-state index contributed by atoms with van der Waals surface area (Å²) in [7, 11) is 4.86. The van der Waals surface area contributed by atoms with Gasteiger partial charge in [-0.05, 0) is 30.4 Å². The van der Waals surface area contributed by atoms with E-state index < -0.39 is 10.6 Å². The average molecular weight is 427 g/mol. The van der Waals surface area contributed by atoms with Crippen LogP contribution in [-0.2, 0) is 11.2 Å². The van der Waals surface area contributed by atoms with Gasteiger partial charge in [-0.1, -0.05) is 23.4 Å². The number of hydrogen-bond donors (Lipinski definition) is 0. The van der Waals surface area contributed by atoms with Crippen LogP contribution in [0.3, 0.4) is 0 Å². The Labute approximate surface area is 171 Å². The van der Waals surface area contributed by atoms with Gasteiger partial charge in [-0.25, -0.2) is 4.98 Å². The molecular formula is C17H19ClN4O5S. The molecule has 2 aromatic rings. The highest BCUT2D eigenvalue weighted by Crippen LogP contribution is 2.37. The average Bonchev–Trinajstić information content (AvgIpc) is 2.64. The number of benzene rings is 1. The molecule has 0 unspecified atom stereocenters. The predicted octanol–water partition coefficient (Wildman–Crippen LogP) is 3.58. The van der Waals surface area contributed by atoms with Crippen molar-refractivity contribution in [2.45, 2.75) is 18.0 Å². The van der Waals surface area contributed by atoms with Crippen LogP contribution in [0.5, 0.6) is 17.4 Å². The van der Waals surface area contributed by atoms with E-state index in [9.17, 15) is 14.9 Å². The molecule has 0 aliphatic rings. The first-order valence-corrected chi connectivity index (χ1v) is 9.67. The smallest absolute Gasteiger partial charge is 0.368 e. The number of amides is 1. The Balaban J connectivity index is 2.38. The molecule has 1 amide bonds. The molecular weight excluding hydrogens is 408 g/mol. The number of halogens is 1. The van der Waals surface area contributed by atoms with E-state index in [1.165, 1.54) is 23.8 Å². The van der Waals surface area contributed by atoms with E-state index in [1.807, 2.05) is 0 Å². The minimum atomic E-state index is -0.696. The molecule has 0 bridgehead atoms. The maximum atomic E-state index is 11.8. The van der Waals surface area contributed by atoms with Crippen LogP contribution in [0.25, 0.3) is 0 Å². The van der Waals surface area contributed by atoms with Crippen molar-refractivity contribution in [1.29, 1.82) is 0 Å². The van der Waals surface area contributed by atoms with E-state index >= 15 is 0 Å². The van der Waals surface area contributed by atoms with Crippen LogP contribution in [0.1, 0.15) is 12.0 Å². The van der Waals surface area contributed by atoms with Crippen LogP contribution in [0.2, 0.25) is 5.15 Å². The van der Waals surface area contributed by atoms with Gasteiger partial charge in [0, 0.05) is 26.6 Å². The third-order valence-corrected chi connectivity index (χ3v) is 4.48. The standard InChI is InChI=1S/C17H19ClN4O5S/c1-21(2)13(23)6-5-10-7-11(26-3)9-12(8-10)27-16-14(22(24)25)15(18)19-17(20-16)28-4/h7-9H,5-6H2,1-4H3. The molecule has 1 aromatic carbocycles. The number of ether oxygens (including phenoxy) is 2. The van der Waals surface area contributed by atoms with Gasteiger partial charge in [-0.3, -0.25) is 14.9 Å². The molecule has 0 aliphatic carbocycles. The summed E-state index contributed by atoms with van der Waals surface area (Å²) < 4.78 is 10.9. The van der Waals surface area contributed by atoms with Crippen molar-refractivity contribution in [1.82, 2.24) is 14.9 Å². The number of hydrogen-bond acceptors (Lipinski definition) is 8. The summed E-state index contributed by atoms with van der Waals surface area (Å²) in [5.41, 5.74) is 0.254. The molecule has 1 heterocycles. The quantitative estimate of drug-likeness (QED) is 0.207. The number of nitrogens with zero attached hydrogens (tertiary/aromatic N) is 4. The number of aryl methyl sites for hydroxylation is 1. The summed E-state index contributed by atoms with van der Waals surface area (Å²) in [6.07, 6.45) is 2.47. The normalized spacial score (nSPS) is 10.5. The van der Waals surface area contributed by atoms with E-state index in [1.54, 1.807) is 38.6 Å². The van der Waals surface area contributed by atoms with Crippen molar-refractivity contribution >= 4 is 35.0 Å². The highest BCUT2D eigenvalue weighted by molar-refractivity contribution is 7.98. The summed E-state index contributed by atoms with van der Waals surface area (Å²) in [5.74, 6) is 0.473. The summed E-state index contributed by atoms with van der Waals surface area (Å²) in [6, 6.07) is 5.00. The Hall–Kier alpha value is -2.59. The fraction of sp³-hybridized carbons (Fsp3) is 0.353. The van der Waals surface area contributed by atoms with Crippen molar-refractivity contribution in [3.05, 3.63) is 39.0 Å². The lowest BCUT2D eigenvalue weighted by molar-refractivity contribution is -0.386. The van der Waals surface area contributed by atoms with Crippen molar-refractivity contribution in [2.24, 2.45) is 0 Å². The largest absolute Gasteiger partial charge is 0.497 e. The van der Waals surface area contributed by atoms with Crippen LogP contribution in [0.4, 0.5) is 5.69 Å². The van der Waals surface area contributed by atoms with E-state index in [0.29, 0.717) is 18.6 Å². The third-order valence-electron chi connectivity index (χ3n) is 3.67. The zero-order valence-corrected chi connectivity index (χ0v) is 17.3. The van der Waals surface area contributed by atoms with Gasteiger partial charge in [0.25, 0.3) is 0 Å². The Bertz CT molecular complexity index is 894. The van der Waals surface area contributed by atoms with Crippen molar-refractivity contribution in [3.8, 4) is 17.4 Å². The fourth-order valence-electron chi connectivity index (χ4n) is 2.24. The van der Waals surface area contributed by atoms with Gasteiger partial charge in [0.15, 0.2) is 5.16 Å². The molecule has 2 rings (SSSR count). The topological polar surface area (TPSA) is 108 Å². The van der Waals surface area contributed by atoms with Gasteiger partial charge in [0.1, 0.15) is 11.5 Å². The monoisotopic (exact) mass is 426 g/mol. The maximum Gasteiger partial charge on any atom is 0.368 e. The second kappa shape index (κ2) is 9.56. The molecule has 150 valence electrons. The Morgan fingerprint density at radius 1 is 1.29 bits per heavy atom. The van der Waals surface area contributed by atoms with Crippen LogP contribution < -0.4 is 9.47 Å². The second-order valence-corrected chi connectivity index (χ2v) is 6.95. The zero-order chi connectivity index (χ0) is 20.8.